The second-order valence-electron chi connectivity index (χ2n) is 6.28. The minimum Gasteiger partial charge on any atom is -0.242 e. The monoisotopic (exact) mass is 341 g/mol. The maximum Gasteiger partial charge on any atom is 0.163 e. The Morgan fingerprint density at radius 2 is 1.88 bits per heavy atom. The van der Waals surface area contributed by atoms with Gasteiger partial charge in [-0.05, 0) is 12.0 Å². The van der Waals surface area contributed by atoms with Crippen LogP contribution in [0.15, 0.2) is 42.2 Å². The van der Waals surface area contributed by atoms with Crippen LogP contribution in [-0.2, 0) is 6.42 Å². The Morgan fingerprint density at radius 1 is 1.12 bits per heavy atom. The second kappa shape index (κ2) is 7.18. The largest absolute Gasteiger partial charge is 0.242 e. The first kappa shape index (κ1) is 16.7. The highest BCUT2D eigenvalue weighted by molar-refractivity contribution is 7.10. The van der Waals surface area contributed by atoms with Gasteiger partial charge in [0.25, 0.3) is 0 Å². The Hall–Kier alpha value is -2.14. The van der Waals surface area contributed by atoms with E-state index in [1.54, 1.807) is 11.3 Å². The molecule has 3 aromatic rings. The molecule has 0 saturated heterocycles. The van der Waals surface area contributed by atoms with Gasteiger partial charge in [0.1, 0.15) is 6.33 Å². The van der Waals surface area contributed by atoms with Crippen molar-refractivity contribution in [1.82, 2.24) is 15.0 Å². The van der Waals surface area contributed by atoms with Crippen LogP contribution >= 0.6 is 11.3 Å². The number of thiazole rings is 1. The first-order valence-electron chi connectivity index (χ1n) is 8.04. The maximum atomic E-state index is 13.8. The first-order chi connectivity index (χ1) is 11.5. The summed E-state index contributed by atoms with van der Waals surface area (Å²) in [5.74, 6) is 0.114. The molecule has 0 N–H and O–H groups in total. The second-order valence-corrected chi connectivity index (χ2v) is 7.17. The van der Waals surface area contributed by atoms with Crippen LogP contribution in [0.4, 0.5) is 4.39 Å². The van der Waals surface area contributed by atoms with Crippen LogP contribution in [0.25, 0.3) is 11.3 Å². The molecule has 0 unspecified atom stereocenters. The van der Waals surface area contributed by atoms with E-state index in [2.05, 4.69) is 58.4 Å². The zero-order valence-electron chi connectivity index (χ0n) is 14.0. The third-order valence-corrected chi connectivity index (χ3v) is 5.12. The lowest BCUT2D eigenvalue weighted by Crippen LogP contribution is -2.04. The van der Waals surface area contributed by atoms with Crippen molar-refractivity contribution >= 4 is 11.3 Å². The van der Waals surface area contributed by atoms with Crippen molar-refractivity contribution in [2.45, 2.75) is 39.0 Å². The Kier molecular flexibility index (Phi) is 5.00. The van der Waals surface area contributed by atoms with Gasteiger partial charge >= 0.3 is 0 Å². The number of nitrogens with zero attached hydrogens (tertiary/aromatic N) is 3. The fourth-order valence-corrected chi connectivity index (χ4v) is 3.48. The Morgan fingerprint density at radius 3 is 2.50 bits per heavy atom. The maximum absolute atomic E-state index is 13.8. The SMILES string of the molecule is CC(C)c1nc(-c2ccc(C[C@@H](C)c3ncncc3F)cc2)cs1. The normalized spacial score (nSPS) is 12.5. The fraction of sp³-hybridized carbons (Fsp3) is 0.316. The lowest BCUT2D eigenvalue weighted by molar-refractivity contribution is 0.564. The molecule has 0 aliphatic heterocycles. The zero-order valence-corrected chi connectivity index (χ0v) is 14.8. The van der Waals surface area contributed by atoms with Crippen LogP contribution < -0.4 is 0 Å². The predicted molar refractivity (Wildman–Crippen MR) is 95.7 cm³/mol. The summed E-state index contributed by atoms with van der Waals surface area (Å²) < 4.78 is 13.8. The minimum absolute atomic E-state index is 0.00525. The number of hydrogen-bond acceptors (Lipinski definition) is 4. The van der Waals surface area contributed by atoms with E-state index in [1.165, 1.54) is 12.5 Å². The molecule has 0 aliphatic rings. The van der Waals surface area contributed by atoms with Crippen LogP contribution in [0, 0.1) is 5.82 Å². The summed E-state index contributed by atoms with van der Waals surface area (Å²) >= 11 is 1.70. The summed E-state index contributed by atoms with van der Waals surface area (Å²) in [5, 5.41) is 3.25. The molecule has 0 saturated carbocycles. The van der Waals surface area contributed by atoms with Gasteiger partial charge in [-0.25, -0.2) is 19.3 Å². The van der Waals surface area contributed by atoms with Gasteiger partial charge < -0.3 is 0 Å². The number of benzene rings is 1. The molecule has 124 valence electrons. The van der Waals surface area contributed by atoms with E-state index >= 15 is 0 Å². The summed E-state index contributed by atoms with van der Waals surface area (Å²) in [7, 11) is 0. The quantitative estimate of drug-likeness (QED) is 0.639. The highest BCUT2D eigenvalue weighted by Gasteiger charge is 2.13. The minimum atomic E-state index is -0.342. The molecule has 0 bridgehead atoms. The number of aromatic nitrogens is 3. The first-order valence-corrected chi connectivity index (χ1v) is 8.92. The number of hydrogen-bond donors (Lipinski definition) is 0. The molecule has 0 radical (unpaired) electrons. The summed E-state index contributed by atoms with van der Waals surface area (Å²) in [6.45, 7) is 6.29. The highest BCUT2D eigenvalue weighted by atomic mass is 32.1. The molecule has 3 rings (SSSR count). The average Bonchev–Trinajstić information content (AvgIpc) is 3.06. The molecule has 0 amide bonds. The van der Waals surface area contributed by atoms with Gasteiger partial charge in [0.05, 0.1) is 22.6 Å². The molecule has 24 heavy (non-hydrogen) atoms. The number of halogens is 1. The van der Waals surface area contributed by atoms with E-state index < -0.39 is 0 Å². The van der Waals surface area contributed by atoms with E-state index in [-0.39, 0.29) is 11.7 Å². The average molecular weight is 341 g/mol. The highest BCUT2D eigenvalue weighted by Crippen LogP contribution is 2.27. The molecule has 2 heterocycles. The molecule has 0 fully saturated rings. The van der Waals surface area contributed by atoms with E-state index in [0.717, 1.165) is 28.2 Å². The van der Waals surface area contributed by atoms with Crippen LogP contribution in [0.1, 0.15) is 48.9 Å². The lowest BCUT2D eigenvalue weighted by atomic mass is 9.96. The van der Waals surface area contributed by atoms with Gasteiger partial charge in [0.15, 0.2) is 5.82 Å². The van der Waals surface area contributed by atoms with E-state index in [1.807, 2.05) is 6.92 Å². The molecule has 0 spiro atoms. The Bertz CT molecular complexity index is 811. The third kappa shape index (κ3) is 3.67. The van der Waals surface area contributed by atoms with Crippen molar-refractivity contribution in [2.75, 3.05) is 0 Å². The van der Waals surface area contributed by atoms with Gasteiger partial charge in [0.2, 0.25) is 0 Å². The summed E-state index contributed by atoms with van der Waals surface area (Å²) in [6.07, 6.45) is 3.35. The molecule has 3 nitrogen and oxygen atoms in total. The van der Waals surface area contributed by atoms with E-state index in [0.29, 0.717) is 11.6 Å². The summed E-state index contributed by atoms with van der Waals surface area (Å²) in [6, 6.07) is 8.33. The molecule has 1 atom stereocenters. The summed E-state index contributed by atoms with van der Waals surface area (Å²) in [5.41, 5.74) is 3.76. The Labute approximate surface area is 145 Å². The van der Waals surface area contributed by atoms with Crippen molar-refractivity contribution in [3.05, 3.63) is 64.3 Å². The van der Waals surface area contributed by atoms with Crippen molar-refractivity contribution < 1.29 is 4.39 Å². The smallest absolute Gasteiger partial charge is 0.163 e. The van der Waals surface area contributed by atoms with E-state index in [9.17, 15) is 4.39 Å². The summed E-state index contributed by atoms with van der Waals surface area (Å²) in [4.78, 5) is 12.4. The molecule has 5 heteroatoms. The predicted octanol–water partition coefficient (Wildman–Crippen LogP) is 5.21. The van der Waals surface area contributed by atoms with Crippen LogP contribution in [0.3, 0.4) is 0 Å². The molecular formula is C19H20FN3S. The standard InChI is InChI=1S/C19H20FN3S/c1-12(2)19-23-17(10-24-19)15-6-4-14(5-7-15)8-13(3)18-16(20)9-21-11-22-18/h4-7,9-13H,8H2,1-3H3/t13-/m1/s1. The topological polar surface area (TPSA) is 38.7 Å². The van der Waals surface area contributed by atoms with Gasteiger partial charge in [-0.2, -0.15) is 0 Å². The van der Waals surface area contributed by atoms with Crippen molar-refractivity contribution in [3.63, 3.8) is 0 Å². The number of rotatable bonds is 5. The Balaban J connectivity index is 1.73. The van der Waals surface area contributed by atoms with Crippen LogP contribution in [0.5, 0.6) is 0 Å². The van der Waals surface area contributed by atoms with Crippen LogP contribution in [0.2, 0.25) is 0 Å². The van der Waals surface area contributed by atoms with Gasteiger partial charge in [0, 0.05) is 22.8 Å². The molecule has 2 aromatic heterocycles. The van der Waals surface area contributed by atoms with Gasteiger partial charge in [-0.15, -0.1) is 11.3 Å². The third-order valence-electron chi connectivity index (χ3n) is 3.97. The van der Waals surface area contributed by atoms with Crippen LogP contribution in [-0.4, -0.2) is 15.0 Å². The van der Waals surface area contributed by atoms with Crippen molar-refractivity contribution in [2.24, 2.45) is 0 Å². The molecule has 0 aliphatic carbocycles. The van der Waals surface area contributed by atoms with Gasteiger partial charge in [-0.1, -0.05) is 45.0 Å². The zero-order chi connectivity index (χ0) is 17.1. The van der Waals surface area contributed by atoms with Crippen molar-refractivity contribution in [3.8, 4) is 11.3 Å². The molecule has 1 aromatic carbocycles. The molecular weight excluding hydrogens is 321 g/mol. The van der Waals surface area contributed by atoms with E-state index in [4.69, 9.17) is 0 Å². The van der Waals surface area contributed by atoms with Gasteiger partial charge in [-0.3, -0.25) is 0 Å². The van der Waals surface area contributed by atoms with Crippen molar-refractivity contribution in [1.29, 1.82) is 0 Å². The fourth-order valence-electron chi connectivity index (χ4n) is 2.63. The lowest BCUT2D eigenvalue weighted by Gasteiger charge is -2.11.